The normalized spacial score (nSPS) is 15.4. The van der Waals surface area contributed by atoms with Crippen molar-refractivity contribution >= 4 is 17.7 Å². The number of nitrogens with zero attached hydrogens (tertiary/aromatic N) is 1. The van der Waals surface area contributed by atoms with Crippen LogP contribution in [0.3, 0.4) is 0 Å². The lowest BCUT2D eigenvalue weighted by Crippen LogP contribution is -2.35. The molecule has 1 amide bonds. The fourth-order valence-corrected chi connectivity index (χ4v) is 4.19. The van der Waals surface area contributed by atoms with E-state index >= 15 is 0 Å². The minimum absolute atomic E-state index is 0.0743. The van der Waals surface area contributed by atoms with Crippen LogP contribution >= 0.6 is 11.8 Å². The van der Waals surface area contributed by atoms with E-state index in [0.717, 1.165) is 43.0 Å². The van der Waals surface area contributed by atoms with Crippen molar-refractivity contribution in [3.8, 4) is 5.75 Å². The summed E-state index contributed by atoms with van der Waals surface area (Å²) in [6.45, 7) is 4.85. The fourth-order valence-electron chi connectivity index (χ4n) is 3.26. The predicted octanol–water partition coefficient (Wildman–Crippen LogP) is 4.02. The number of piperidine rings is 1. The van der Waals surface area contributed by atoms with Crippen LogP contribution in [0.25, 0.3) is 0 Å². The van der Waals surface area contributed by atoms with Crippen LogP contribution in [0.4, 0.5) is 0 Å². The van der Waals surface area contributed by atoms with Gasteiger partial charge < -0.3 is 15.0 Å². The Balaban J connectivity index is 1.36. The first kappa shape index (κ1) is 20.7. The van der Waals surface area contributed by atoms with Crippen LogP contribution in [-0.2, 0) is 17.1 Å². The molecular formula is C23H30N2O2S. The van der Waals surface area contributed by atoms with Gasteiger partial charge in [-0.25, -0.2) is 0 Å². The number of thioether (sulfide) groups is 1. The fraction of sp³-hybridized carbons (Fsp3) is 0.435. The third-order valence-electron chi connectivity index (χ3n) is 5.13. The Morgan fingerprint density at radius 1 is 1.14 bits per heavy atom. The molecular weight excluding hydrogens is 368 g/mol. The first-order chi connectivity index (χ1) is 13.6. The van der Waals surface area contributed by atoms with E-state index in [4.69, 9.17) is 4.74 Å². The van der Waals surface area contributed by atoms with E-state index in [1.54, 1.807) is 11.8 Å². The summed E-state index contributed by atoms with van der Waals surface area (Å²) in [7, 11) is 2.15. The average molecular weight is 399 g/mol. The zero-order valence-electron chi connectivity index (χ0n) is 16.8. The zero-order chi connectivity index (χ0) is 19.8. The minimum atomic E-state index is 0.0743. The molecule has 1 fully saturated rings. The van der Waals surface area contributed by atoms with Gasteiger partial charge in [0.05, 0.1) is 5.75 Å². The molecule has 5 heteroatoms. The van der Waals surface area contributed by atoms with Crippen molar-refractivity contribution in [3.63, 3.8) is 0 Å². The molecule has 0 radical (unpaired) electrons. The molecule has 150 valence electrons. The number of rotatable bonds is 8. The highest BCUT2D eigenvalue weighted by atomic mass is 32.2. The van der Waals surface area contributed by atoms with Gasteiger partial charge in [0.15, 0.2) is 0 Å². The largest absolute Gasteiger partial charge is 0.490 e. The molecule has 2 aromatic rings. The topological polar surface area (TPSA) is 41.6 Å². The van der Waals surface area contributed by atoms with E-state index in [-0.39, 0.29) is 5.91 Å². The second kappa shape index (κ2) is 10.5. The number of likely N-dealkylation sites (tertiary alicyclic amines) is 1. The number of carbonyl (C=O) groups excluding carboxylic acids is 1. The number of hydrogen-bond acceptors (Lipinski definition) is 4. The van der Waals surface area contributed by atoms with Gasteiger partial charge >= 0.3 is 0 Å². The lowest BCUT2D eigenvalue weighted by atomic mass is 10.1. The van der Waals surface area contributed by atoms with Crippen molar-refractivity contribution in [2.45, 2.75) is 38.2 Å². The van der Waals surface area contributed by atoms with Gasteiger partial charge in [0.25, 0.3) is 0 Å². The van der Waals surface area contributed by atoms with Gasteiger partial charge in [-0.1, -0.05) is 36.4 Å². The Morgan fingerprint density at radius 2 is 1.86 bits per heavy atom. The van der Waals surface area contributed by atoms with Crippen molar-refractivity contribution < 1.29 is 9.53 Å². The number of ether oxygens (including phenoxy) is 1. The van der Waals surface area contributed by atoms with Crippen molar-refractivity contribution in [2.24, 2.45) is 0 Å². The molecule has 1 aliphatic heterocycles. The maximum absolute atomic E-state index is 12.1. The van der Waals surface area contributed by atoms with Crippen LogP contribution in [0, 0.1) is 6.92 Å². The Hall–Kier alpha value is -1.98. The molecule has 28 heavy (non-hydrogen) atoms. The van der Waals surface area contributed by atoms with Crippen LogP contribution in [0.2, 0.25) is 0 Å². The van der Waals surface area contributed by atoms with Crippen LogP contribution in [-0.4, -0.2) is 42.8 Å². The van der Waals surface area contributed by atoms with Crippen molar-refractivity contribution in [1.29, 1.82) is 0 Å². The maximum atomic E-state index is 12.1. The number of hydrogen-bond donors (Lipinski definition) is 1. The zero-order valence-corrected chi connectivity index (χ0v) is 17.6. The summed E-state index contributed by atoms with van der Waals surface area (Å²) in [6, 6.07) is 16.4. The maximum Gasteiger partial charge on any atom is 0.230 e. The van der Waals surface area contributed by atoms with E-state index in [1.807, 2.05) is 36.4 Å². The molecule has 3 rings (SSSR count). The van der Waals surface area contributed by atoms with Crippen molar-refractivity contribution in [1.82, 2.24) is 10.2 Å². The van der Waals surface area contributed by atoms with Gasteiger partial charge in [-0.05, 0) is 55.6 Å². The number of benzene rings is 2. The first-order valence-corrected chi connectivity index (χ1v) is 11.1. The standard InChI is InChI=1S/C23H30N2O2S/c1-18-5-3-4-6-20(18)16-28-17-23(26)24-15-19-7-9-21(10-8-19)27-22-11-13-25(2)14-12-22/h3-10,22H,11-17H2,1-2H3,(H,24,26). The van der Waals surface area contributed by atoms with Crippen molar-refractivity contribution in [3.05, 3.63) is 65.2 Å². The molecule has 0 spiro atoms. The smallest absolute Gasteiger partial charge is 0.230 e. The number of nitrogens with one attached hydrogen (secondary N) is 1. The molecule has 0 unspecified atom stereocenters. The highest BCUT2D eigenvalue weighted by Gasteiger charge is 2.17. The lowest BCUT2D eigenvalue weighted by molar-refractivity contribution is -0.118. The molecule has 0 bridgehead atoms. The molecule has 2 aromatic carbocycles. The molecule has 1 saturated heterocycles. The number of aryl methyl sites for hydroxylation is 1. The van der Waals surface area contributed by atoms with Gasteiger partial charge in [-0.3, -0.25) is 4.79 Å². The van der Waals surface area contributed by atoms with E-state index in [0.29, 0.717) is 18.4 Å². The van der Waals surface area contributed by atoms with E-state index in [2.05, 4.69) is 36.3 Å². The molecule has 0 aromatic heterocycles. The molecule has 0 aliphatic carbocycles. The Kier molecular flexibility index (Phi) is 7.80. The molecule has 0 saturated carbocycles. The van der Waals surface area contributed by atoms with Crippen LogP contribution in [0.15, 0.2) is 48.5 Å². The van der Waals surface area contributed by atoms with Crippen LogP contribution in [0.5, 0.6) is 5.75 Å². The Labute approximate surface area is 172 Å². The molecule has 1 heterocycles. The summed E-state index contributed by atoms with van der Waals surface area (Å²) in [5, 5.41) is 3.00. The third kappa shape index (κ3) is 6.57. The quantitative estimate of drug-likeness (QED) is 0.729. The van der Waals surface area contributed by atoms with E-state index in [1.165, 1.54) is 11.1 Å². The van der Waals surface area contributed by atoms with Gasteiger partial charge in [-0.15, -0.1) is 11.8 Å². The monoisotopic (exact) mass is 398 g/mol. The summed E-state index contributed by atoms with van der Waals surface area (Å²) >= 11 is 1.65. The lowest BCUT2D eigenvalue weighted by Gasteiger charge is -2.29. The highest BCUT2D eigenvalue weighted by Crippen LogP contribution is 2.19. The number of amides is 1. The summed E-state index contributed by atoms with van der Waals surface area (Å²) in [5.74, 6) is 2.33. The van der Waals surface area contributed by atoms with Gasteiger partial charge in [-0.2, -0.15) is 0 Å². The van der Waals surface area contributed by atoms with Crippen molar-refractivity contribution in [2.75, 3.05) is 25.9 Å². The second-order valence-electron chi connectivity index (χ2n) is 7.46. The predicted molar refractivity (Wildman–Crippen MR) is 117 cm³/mol. The molecule has 1 N–H and O–H groups in total. The van der Waals surface area contributed by atoms with Crippen LogP contribution < -0.4 is 10.1 Å². The third-order valence-corrected chi connectivity index (χ3v) is 6.11. The average Bonchev–Trinajstić information content (AvgIpc) is 2.71. The number of carbonyl (C=O) groups is 1. The van der Waals surface area contributed by atoms with Crippen LogP contribution in [0.1, 0.15) is 29.5 Å². The summed E-state index contributed by atoms with van der Waals surface area (Å²) in [6.07, 6.45) is 2.47. The summed E-state index contributed by atoms with van der Waals surface area (Å²) < 4.78 is 6.07. The summed E-state index contributed by atoms with van der Waals surface area (Å²) in [4.78, 5) is 14.4. The first-order valence-electron chi connectivity index (χ1n) is 9.93. The molecule has 1 aliphatic rings. The Morgan fingerprint density at radius 3 is 2.57 bits per heavy atom. The SMILES string of the molecule is Cc1ccccc1CSCC(=O)NCc1ccc(OC2CCN(C)CC2)cc1. The minimum Gasteiger partial charge on any atom is -0.490 e. The van der Waals surface area contributed by atoms with Gasteiger partial charge in [0.2, 0.25) is 5.91 Å². The van der Waals surface area contributed by atoms with Gasteiger partial charge in [0, 0.05) is 25.4 Å². The van der Waals surface area contributed by atoms with E-state index in [9.17, 15) is 4.79 Å². The second-order valence-corrected chi connectivity index (χ2v) is 8.45. The molecule has 4 nitrogen and oxygen atoms in total. The molecule has 0 atom stereocenters. The van der Waals surface area contributed by atoms with E-state index < -0.39 is 0 Å². The van der Waals surface area contributed by atoms with Gasteiger partial charge in [0.1, 0.15) is 11.9 Å². The highest BCUT2D eigenvalue weighted by molar-refractivity contribution is 7.99. The summed E-state index contributed by atoms with van der Waals surface area (Å²) in [5.41, 5.74) is 3.66. The Bertz CT molecular complexity index is 755.